The van der Waals surface area contributed by atoms with Crippen molar-refractivity contribution in [3.05, 3.63) is 157 Å². The molecular formula is C42H25ClN2O. The first-order valence-electron chi connectivity index (χ1n) is 15.3. The summed E-state index contributed by atoms with van der Waals surface area (Å²) in [6.45, 7) is 0. The maximum atomic E-state index is 6.63. The molecule has 0 fully saturated rings. The van der Waals surface area contributed by atoms with Gasteiger partial charge < -0.3 is 4.42 Å². The Bertz CT molecular complexity index is 2610. The van der Waals surface area contributed by atoms with Crippen LogP contribution >= 0.6 is 11.6 Å². The molecule has 9 rings (SSSR count). The molecule has 0 saturated heterocycles. The number of benzene rings is 7. The van der Waals surface area contributed by atoms with Crippen molar-refractivity contribution in [1.29, 1.82) is 0 Å². The van der Waals surface area contributed by atoms with E-state index in [1.807, 2.05) is 24.3 Å². The third-order valence-electron chi connectivity index (χ3n) is 8.75. The van der Waals surface area contributed by atoms with Gasteiger partial charge in [0.15, 0.2) is 5.82 Å². The molecule has 0 saturated carbocycles. The third kappa shape index (κ3) is 4.61. The van der Waals surface area contributed by atoms with Crippen molar-refractivity contribution >= 4 is 55.1 Å². The first-order valence-corrected chi connectivity index (χ1v) is 15.6. The molecule has 0 radical (unpaired) electrons. The van der Waals surface area contributed by atoms with Gasteiger partial charge in [-0.1, -0.05) is 115 Å². The topological polar surface area (TPSA) is 38.9 Å². The van der Waals surface area contributed by atoms with E-state index in [4.69, 9.17) is 21.0 Å². The molecule has 46 heavy (non-hydrogen) atoms. The fourth-order valence-electron chi connectivity index (χ4n) is 6.49. The van der Waals surface area contributed by atoms with Gasteiger partial charge in [-0.15, -0.1) is 0 Å². The van der Waals surface area contributed by atoms with Gasteiger partial charge in [0.2, 0.25) is 0 Å². The molecule has 3 nitrogen and oxygen atoms in total. The predicted octanol–water partition coefficient (Wildman–Crippen LogP) is 12.0. The van der Waals surface area contributed by atoms with Gasteiger partial charge in [0.05, 0.1) is 5.69 Å². The molecule has 0 aliphatic heterocycles. The maximum absolute atomic E-state index is 6.63. The molecule has 7 aromatic carbocycles. The standard InChI is InChI=1S/C42H25ClN2O/c43-41-25-38(44-42(45-41)33-17-19-39-36(23-33)37-22-28-10-4-5-11-29(28)24-40(37)46-39)32-14-6-12-27(21-32)30-16-18-35-31(20-30)13-7-15-34(35)26-8-2-1-3-9-26/h1-25H. The molecule has 0 atom stereocenters. The Morgan fingerprint density at radius 2 is 1.11 bits per heavy atom. The number of halogens is 1. The van der Waals surface area contributed by atoms with Crippen LogP contribution in [0.5, 0.6) is 0 Å². The number of furan rings is 1. The van der Waals surface area contributed by atoms with Crippen LogP contribution in [0.2, 0.25) is 5.15 Å². The molecule has 9 aromatic rings. The van der Waals surface area contributed by atoms with Gasteiger partial charge in [-0.05, 0) is 86.3 Å². The Labute approximate surface area is 270 Å². The number of nitrogens with zero attached hydrogens (tertiary/aromatic N) is 2. The zero-order valence-electron chi connectivity index (χ0n) is 24.6. The summed E-state index contributed by atoms with van der Waals surface area (Å²) in [5, 5.41) is 7.25. The molecule has 2 heterocycles. The van der Waals surface area contributed by atoms with Crippen LogP contribution < -0.4 is 0 Å². The summed E-state index contributed by atoms with van der Waals surface area (Å²) in [6, 6.07) is 52.6. The van der Waals surface area contributed by atoms with Gasteiger partial charge in [-0.3, -0.25) is 0 Å². The van der Waals surface area contributed by atoms with Crippen molar-refractivity contribution in [2.75, 3.05) is 0 Å². The maximum Gasteiger partial charge on any atom is 0.161 e. The zero-order chi connectivity index (χ0) is 30.6. The highest BCUT2D eigenvalue weighted by atomic mass is 35.5. The Balaban J connectivity index is 1.10. The van der Waals surface area contributed by atoms with Crippen LogP contribution in [-0.4, -0.2) is 9.97 Å². The summed E-state index contributed by atoms with van der Waals surface area (Å²) in [4.78, 5) is 9.62. The molecule has 0 bridgehead atoms. The Hall–Kier alpha value is -5.77. The van der Waals surface area contributed by atoms with Gasteiger partial charge in [0.25, 0.3) is 0 Å². The van der Waals surface area contributed by atoms with Crippen molar-refractivity contribution in [3.63, 3.8) is 0 Å². The van der Waals surface area contributed by atoms with Crippen LogP contribution in [0.25, 0.3) is 88.4 Å². The first kappa shape index (κ1) is 26.6. The summed E-state index contributed by atoms with van der Waals surface area (Å²) < 4.78 is 6.21. The van der Waals surface area contributed by atoms with Crippen molar-refractivity contribution in [3.8, 4) is 44.9 Å². The lowest BCUT2D eigenvalue weighted by Gasteiger charge is -2.11. The second-order valence-electron chi connectivity index (χ2n) is 11.6. The number of fused-ring (bicyclic) bond motifs is 5. The minimum atomic E-state index is 0.396. The highest BCUT2D eigenvalue weighted by Gasteiger charge is 2.14. The van der Waals surface area contributed by atoms with E-state index >= 15 is 0 Å². The minimum Gasteiger partial charge on any atom is -0.456 e. The Kier molecular flexibility index (Phi) is 6.19. The number of hydrogen-bond donors (Lipinski definition) is 0. The van der Waals surface area contributed by atoms with Crippen LogP contribution in [0.15, 0.2) is 156 Å². The van der Waals surface area contributed by atoms with Crippen LogP contribution in [0, 0.1) is 0 Å². The predicted molar refractivity (Wildman–Crippen MR) is 191 cm³/mol. The molecule has 4 heteroatoms. The highest BCUT2D eigenvalue weighted by Crippen LogP contribution is 2.36. The lowest BCUT2D eigenvalue weighted by molar-refractivity contribution is 0.669. The van der Waals surface area contributed by atoms with Crippen LogP contribution in [-0.2, 0) is 0 Å². The zero-order valence-corrected chi connectivity index (χ0v) is 25.4. The number of rotatable bonds is 4. The molecule has 0 aliphatic carbocycles. The summed E-state index contributed by atoms with van der Waals surface area (Å²) in [5.41, 5.74) is 9.02. The Morgan fingerprint density at radius 3 is 2.00 bits per heavy atom. The van der Waals surface area contributed by atoms with E-state index in [-0.39, 0.29) is 0 Å². The number of hydrogen-bond acceptors (Lipinski definition) is 3. The first-order chi connectivity index (χ1) is 22.7. The van der Waals surface area contributed by atoms with Crippen molar-refractivity contribution in [2.24, 2.45) is 0 Å². The van der Waals surface area contributed by atoms with E-state index in [0.29, 0.717) is 11.0 Å². The monoisotopic (exact) mass is 608 g/mol. The van der Waals surface area contributed by atoms with E-state index in [0.717, 1.165) is 55.3 Å². The lowest BCUT2D eigenvalue weighted by Crippen LogP contribution is -1.93. The van der Waals surface area contributed by atoms with E-state index in [1.54, 1.807) is 0 Å². The minimum absolute atomic E-state index is 0.396. The van der Waals surface area contributed by atoms with Crippen molar-refractivity contribution in [2.45, 2.75) is 0 Å². The van der Waals surface area contributed by atoms with E-state index in [2.05, 4.69) is 132 Å². The summed E-state index contributed by atoms with van der Waals surface area (Å²) in [5.74, 6) is 0.573. The quantitative estimate of drug-likeness (QED) is 0.187. The average molecular weight is 609 g/mol. The normalized spacial score (nSPS) is 11.6. The molecule has 2 aromatic heterocycles. The number of aromatic nitrogens is 2. The van der Waals surface area contributed by atoms with E-state index in [1.165, 1.54) is 27.3 Å². The Morgan fingerprint density at radius 1 is 0.413 bits per heavy atom. The molecule has 0 unspecified atom stereocenters. The highest BCUT2D eigenvalue weighted by molar-refractivity contribution is 6.29. The van der Waals surface area contributed by atoms with Crippen LogP contribution in [0.3, 0.4) is 0 Å². The van der Waals surface area contributed by atoms with Gasteiger partial charge >= 0.3 is 0 Å². The fourth-order valence-corrected chi connectivity index (χ4v) is 6.67. The van der Waals surface area contributed by atoms with Gasteiger partial charge in [0.1, 0.15) is 16.3 Å². The summed E-state index contributed by atoms with van der Waals surface area (Å²) in [6.07, 6.45) is 0. The average Bonchev–Trinajstić information content (AvgIpc) is 3.47. The van der Waals surface area contributed by atoms with Gasteiger partial charge in [-0.25, -0.2) is 9.97 Å². The third-order valence-corrected chi connectivity index (χ3v) is 8.94. The summed E-state index contributed by atoms with van der Waals surface area (Å²) >= 11 is 6.63. The van der Waals surface area contributed by atoms with Crippen molar-refractivity contribution < 1.29 is 4.42 Å². The second kappa shape index (κ2) is 10.7. The van der Waals surface area contributed by atoms with E-state index in [9.17, 15) is 0 Å². The molecule has 0 spiro atoms. The molecule has 0 N–H and O–H groups in total. The molecule has 0 amide bonds. The van der Waals surface area contributed by atoms with Crippen molar-refractivity contribution in [1.82, 2.24) is 9.97 Å². The molecule has 0 aliphatic rings. The van der Waals surface area contributed by atoms with Crippen LogP contribution in [0.1, 0.15) is 0 Å². The summed E-state index contributed by atoms with van der Waals surface area (Å²) in [7, 11) is 0. The molecule has 216 valence electrons. The smallest absolute Gasteiger partial charge is 0.161 e. The molecular weight excluding hydrogens is 584 g/mol. The van der Waals surface area contributed by atoms with Gasteiger partial charge in [0, 0.05) is 28.0 Å². The lowest BCUT2D eigenvalue weighted by atomic mass is 9.94. The SMILES string of the molecule is Clc1cc(-c2cccc(-c3ccc4c(-c5ccccc5)cccc4c3)c2)nc(-c2ccc3oc4cc5ccccc5cc4c3c2)n1. The van der Waals surface area contributed by atoms with Gasteiger partial charge in [-0.2, -0.15) is 0 Å². The van der Waals surface area contributed by atoms with Crippen LogP contribution in [0.4, 0.5) is 0 Å². The largest absolute Gasteiger partial charge is 0.456 e. The second-order valence-corrected chi connectivity index (χ2v) is 12.0. The fraction of sp³-hybridized carbons (Fsp3) is 0. The van der Waals surface area contributed by atoms with E-state index < -0.39 is 0 Å².